The maximum Gasteiger partial charge on any atom is 0.313 e. The second-order valence-electron chi connectivity index (χ2n) is 7.34. The van der Waals surface area contributed by atoms with Crippen molar-refractivity contribution in [3.8, 4) is 0 Å². The van der Waals surface area contributed by atoms with Crippen LogP contribution in [0.15, 0.2) is 24.3 Å². The number of carbonyl (C=O) groups excluding carboxylic acids is 2. The molecule has 8 heteroatoms. The molecule has 7 nitrogen and oxygen atoms in total. The summed E-state index contributed by atoms with van der Waals surface area (Å²) in [5, 5.41) is 9.58. The third kappa shape index (κ3) is 3.41. The van der Waals surface area contributed by atoms with Gasteiger partial charge in [-0.05, 0) is 24.1 Å². The van der Waals surface area contributed by atoms with Gasteiger partial charge in [-0.25, -0.2) is 4.39 Å². The van der Waals surface area contributed by atoms with Crippen LogP contribution in [0.1, 0.15) is 24.4 Å². The van der Waals surface area contributed by atoms with E-state index in [1.54, 1.807) is 19.2 Å². The highest BCUT2D eigenvalue weighted by atomic mass is 19.1. The molecule has 1 aromatic rings. The van der Waals surface area contributed by atoms with Crippen LogP contribution >= 0.6 is 0 Å². The topological polar surface area (TPSA) is 87.1 Å². The van der Waals surface area contributed by atoms with E-state index in [9.17, 15) is 23.9 Å². The Bertz CT molecular complexity index is 753. The average molecular weight is 378 g/mol. The predicted molar refractivity (Wildman–Crippen MR) is 93.2 cm³/mol. The third-order valence-corrected chi connectivity index (χ3v) is 5.65. The molecule has 0 radical (unpaired) electrons. The summed E-state index contributed by atoms with van der Waals surface area (Å²) in [5.74, 6) is -2.42. The molecule has 2 aliphatic heterocycles. The van der Waals surface area contributed by atoms with Gasteiger partial charge in [0.1, 0.15) is 11.2 Å². The van der Waals surface area contributed by atoms with Crippen LogP contribution in [0.2, 0.25) is 0 Å². The molecular formula is C19H23FN2O5. The van der Waals surface area contributed by atoms with E-state index in [0.717, 1.165) is 0 Å². The molecule has 3 unspecified atom stereocenters. The Kier molecular flexibility index (Phi) is 5.19. The van der Waals surface area contributed by atoms with Crippen LogP contribution in [-0.4, -0.2) is 66.5 Å². The molecule has 0 saturated carbocycles. The molecule has 1 N–H and O–H groups in total. The fraction of sp³-hybridized carbons (Fsp3) is 0.526. The Labute approximate surface area is 156 Å². The second kappa shape index (κ2) is 7.26. The summed E-state index contributed by atoms with van der Waals surface area (Å²) in [4.78, 5) is 40.1. The van der Waals surface area contributed by atoms with E-state index < -0.39 is 23.3 Å². The summed E-state index contributed by atoms with van der Waals surface area (Å²) in [6, 6.07) is 5.26. The lowest BCUT2D eigenvalue weighted by Gasteiger charge is -2.29. The van der Waals surface area contributed by atoms with Gasteiger partial charge in [-0.15, -0.1) is 0 Å². The Balaban J connectivity index is 1.83. The molecule has 146 valence electrons. The van der Waals surface area contributed by atoms with Gasteiger partial charge in [-0.1, -0.05) is 12.1 Å². The maximum atomic E-state index is 13.3. The van der Waals surface area contributed by atoms with Gasteiger partial charge in [0, 0.05) is 33.7 Å². The van der Waals surface area contributed by atoms with Gasteiger partial charge in [-0.2, -0.15) is 0 Å². The lowest BCUT2D eigenvalue weighted by molar-refractivity contribution is -0.152. The summed E-state index contributed by atoms with van der Waals surface area (Å²) >= 11 is 0. The summed E-state index contributed by atoms with van der Waals surface area (Å²) in [6.45, 7) is 0.385. The molecule has 1 aromatic carbocycles. The smallest absolute Gasteiger partial charge is 0.313 e. The number of carbonyl (C=O) groups is 3. The Morgan fingerprint density at radius 1 is 1.33 bits per heavy atom. The van der Waals surface area contributed by atoms with Crippen molar-refractivity contribution in [2.75, 3.05) is 33.9 Å². The van der Waals surface area contributed by atoms with Gasteiger partial charge in [0.25, 0.3) is 0 Å². The van der Waals surface area contributed by atoms with Gasteiger partial charge in [0.15, 0.2) is 0 Å². The quantitative estimate of drug-likeness (QED) is 0.834. The first-order chi connectivity index (χ1) is 12.8. The number of carboxylic acid groups (broad SMARTS) is 1. The molecule has 2 heterocycles. The van der Waals surface area contributed by atoms with Crippen molar-refractivity contribution in [2.24, 2.45) is 11.3 Å². The van der Waals surface area contributed by atoms with Gasteiger partial charge in [-0.3, -0.25) is 14.4 Å². The zero-order chi connectivity index (χ0) is 19.8. The fourth-order valence-corrected chi connectivity index (χ4v) is 4.13. The van der Waals surface area contributed by atoms with Crippen molar-refractivity contribution in [3.63, 3.8) is 0 Å². The first-order valence-electron chi connectivity index (χ1n) is 8.81. The van der Waals surface area contributed by atoms with Crippen molar-refractivity contribution in [2.45, 2.75) is 18.9 Å². The van der Waals surface area contributed by atoms with Crippen LogP contribution in [0.25, 0.3) is 0 Å². The third-order valence-electron chi connectivity index (χ3n) is 5.65. The number of likely N-dealkylation sites (tertiary alicyclic amines) is 2. The molecule has 3 rings (SSSR count). The van der Waals surface area contributed by atoms with Crippen LogP contribution < -0.4 is 0 Å². The summed E-state index contributed by atoms with van der Waals surface area (Å²) in [7, 11) is 3.06. The van der Waals surface area contributed by atoms with Gasteiger partial charge in [0.2, 0.25) is 11.8 Å². The number of benzene rings is 1. The summed E-state index contributed by atoms with van der Waals surface area (Å²) in [5.41, 5.74) is -0.437. The van der Waals surface area contributed by atoms with E-state index in [1.165, 1.54) is 29.0 Å². The number of aliphatic carboxylic acids is 1. The molecule has 2 fully saturated rings. The maximum absolute atomic E-state index is 13.3. The molecule has 0 aliphatic carbocycles. The largest absolute Gasteiger partial charge is 0.481 e. The number of amides is 2. The molecule has 27 heavy (non-hydrogen) atoms. The summed E-state index contributed by atoms with van der Waals surface area (Å²) in [6.07, 6.45) is 0.359. The number of halogens is 1. The molecule has 0 bridgehead atoms. The number of hydrogen-bond acceptors (Lipinski definition) is 4. The fourth-order valence-electron chi connectivity index (χ4n) is 4.13. The first kappa shape index (κ1) is 19.3. The Morgan fingerprint density at radius 2 is 2.00 bits per heavy atom. The Hall–Kier alpha value is -2.48. The molecule has 2 amide bonds. The minimum Gasteiger partial charge on any atom is -0.481 e. The Morgan fingerprint density at radius 3 is 2.59 bits per heavy atom. The SMILES string of the molecule is COCC1(C(=O)O)CCN(C(=O)C2CC(=O)N(C)C2c2ccc(F)cc2)C1. The molecule has 0 spiro atoms. The van der Waals surface area contributed by atoms with Crippen LogP contribution in [0.4, 0.5) is 4.39 Å². The van der Waals surface area contributed by atoms with E-state index in [4.69, 9.17) is 4.74 Å². The monoisotopic (exact) mass is 378 g/mol. The normalized spacial score (nSPS) is 28.0. The van der Waals surface area contributed by atoms with Crippen LogP contribution in [0.5, 0.6) is 0 Å². The van der Waals surface area contributed by atoms with Crippen LogP contribution in [-0.2, 0) is 19.1 Å². The molecule has 3 atom stereocenters. The first-order valence-corrected chi connectivity index (χ1v) is 8.81. The molecular weight excluding hydrogens is 355 g/mol. The zero-order valence-corrected chi connectivity index (χ0v) is 15.4. The van der Waals surface area contributed by atoms with Crippen LogP contribution in [0.3, 0.4) is 0 Å². The minimum atomic E-state index is -1.12. The van der Waals surface area contributed by atoms with E-state index >= 15 is 0 Å². The molecule has 0 aromatic heterocycles. The van der Waals surface area contributed by atoms with Crippen molar-refractivity contribution in [3.05, 3.63) is 35.6 Å². The number of carboxylic acids is 1. The number of ether oxygens (including phenoxy) is 1. The highest BCUT2D eigenvalue weighted by Gasteiger charge is 2.50. The molecule has 2 saturated heterocycles. The van der Waals surface area contributed by atoms with E-state index in [2.05, 4.69) is 0 Å². The van der Waals surface area contributed by atoms with Crippen molar-refractivity contribution in [1.82, 2.24) is 9.80 Å². The number of rotatable bonds is 5. The number of nitrogens with zero attached hydrogens (tertiary/aromatic N) is 2. The average Bonchev–Trinajstić information content (AvgIpc) is 3.19. The van der Waals surface area contributed by atoms with Crippen molar-refractivity contribution < 1.29 is 28.6 Å². The van der Waals surface area contributed by atoms with E-state index in [1.807, 2.05) is 0 Å². The van der Waals surface area contributed by atoms with Crippen molar-refractivity contribution in [1.29, 1.82) is 0 Å². The number of hydrogen-bond donors (Lipinski definition) is 1. The lowest BCUT2D eigenvalue weighted by atomic mass is 9.88. The van der Waals surface area contributed by atoms with E-state index in [0.29, 0.717) is 18.5 Å². The molecule has 2 aliphatic rings. The number of methoxy groups -OCH3 is 1. The minimum absolute atomic E-state index is 0.0248. The lowest BCUT2D eigenvalue weighted by Crippen LogP contribution is -2.42. The van der Waals surface area contributed by atoms with Gasteiger partial charge >= 0.3 is 5.97 Å². The summed E-state index contributed by atoms with van der Waals surface area (Å²) < 4.78 is 18.3. The second-order valence-corrected chi connectivity index (χ2v) is 7.34. The predicted octanol–water partition coefficient (Wildman–Crippen LogP) is 1.29. The zero-order valence-electron chi connectivity index (χ0n) is 15.4. The standard InChI is InChI=1S/C19H23FN2O5/c1-21-15(23)9-14(16(21)12-3-5-13(20)6-4-12)17(24)22-8-7-19(10-22,11-27-2)18(25)26/h3-6,14,16H,7-11H2,1-2H3,(H,25,26). The van der Waals surface area contributed by atoms with Gasteiger partial charge in [0.05, 0.1) is 18.6 Å². The highest BCUT2D eigenvalue weighted by Crippen LogP contribution is 2.40. The van der Waals surface area contributed by atoms with E-state index in [-0.39, 0.29) is 37.2 Å². The van der Waals surface area contributed by atoms with Crippen LogP contribution in [0, 0.1) is 17.2 Å². The van der Waals surface area contributed by atoms with Gasteiger partial charge < -0.3 is 19.6 Å². The van der Waals surface area contributed by atoms with Crippen molar-refractivity contribution >= 4 is 17.8 Å². The highest BCUT2D eigenvalue weighted by molar-refractivity contribution is 5.91.